The number of anilines is 3. The van der Waals surface area contributed by atoms with Crippen LogP contribution in [0.3, 0.4) is 0 Å². The highest BCUT2D eigenvalue weighted by Crippen LogP contribution is 2.46. The van der Waals surface area contributed by atoms with Gasteiger partial charge < -0.3 is 9.47 Å². The zero-order chi connectivity index (χ0) is 28.3. The molecule has 9 aromatic rings. The van der Waals surface area contributed by atoms with E-state index in [4.69, 9.17) is 0 Å². The largest absolute Gasteiger partial charge is 0.309 e. The Morgan fingerprint density at radius 2 is 1.05 bits per heavy atom. The highest BCUT2D eigenvalue weighted by atomic mass is 32.1. The molecule has 2 aromatic heterocycles. The van der Waals surface area contributed by atoms with Gasteiger partial charge in [-0.1, -0.05) is 103 Å². The summed E-state index contributed by atoms with van der Waals surface area (Å²) in [5.74, 6) is 0. The maximum absolute atomic E-state index is 2.42. The molecule has 0 N–H and O–H groups in total. The number of hydrogen-bond donors (Lipinski definition) is 0. The minimum Gasteiger partial charge on any atom is -0.309 e. The van der Waals surface area contributed by atoms with Crippen LogP contribution < -0.4 is 4.90 Å². The SMILES string of the molecule is c1ccc(N(c2cccc3ccccc23)c2cccc3c2sc2ccc(-n4c5ccccc5c5ccccc54)cc23)cc1. The van der Waals surface area contributed by atoms with Gasteiger partial charge in [0.05, 0.1) is 27.1 Å². The van der Waals surface area contributed by atoms with E-state index < -0.39 is 0 Å². The van der Waals surface area contributed by atoms with Gasteiger partial charge in [0, 0.05) is 43.0 Å². The first-order valence-electron chi connectivity index (χ1n) is 14.6. The zero-order valence-corrected chi connectivity index (χ0v) is 24.1. The summed E-state index contributed by atoms with van der Waals surface area (Å²) in [6.45, 7) is 0. The Bertz CT molecular complexity index is 2410. The number of thiophene rings is 1. The van der Waals surface area contributed by atoms with Gasteiger partial charge in [0.15, 0.2) is 0 Å². The van der Waals surface area contributed by atoms with Gasteiger partial charge in [0.2, 0.25) is 0 Å². The van der Waals surface area contributed by atoms with Crippen LogP contribution in [0.15, 0.2) is 158 Å². The molecule has 3 heteroatoms. The number of rotatable bonds is 4. The summed E-state index contributed by atoms with van der Waals surface area (Å²) < 4.78 is 4.98. The topological polar surface area (TPSA) is 8.17 Å². The Balaban J connectivity index is 1.30. The fraction of sp³-hybridized carbons (Fsp3) is 0. The van der Waals surface area contributed by atoms with Crippen LogP contribution in [0.2, 0.25) is 0 Å². The average Bonchev–Trinajstić information content (AvgIpc) is 3.61. The van der Waals surface area contributed by atoms with Gasteiger partial charge in [0.25, 0.3) is 0 Å². The van der Waals surface area contributed by atoms with E-state index in [2.05, 4.69) is 167 Å². The first-order valence-corrected chi connectivity index (χ1v) is 15.4. The Labute approximate surface area is 253 Å². The predicted octanol–water partition coefficient (Wildman–Crippen LogP) is 11.8. The highest BCUT2D eigenvalue weighted by Gasteiger charge is 2.20. The van der Waals surface area contributed by atoms with Crippen LogP contribution in [0.25, 0.3) is 58.4 Å². The van der Waals surface area contributed by atoms with E-state index in [0.29, 0.717) is 0 Å². The molecular weight excluding hydrogens is 541 g/mol. The number of para-hydroxylation sites is 3. The van der Waals surface area contributed by atoms with Crippen molar-refractivity contribution >= 4 is 81.1 Å². The molecule has 0 spiro atoms. The van der Waals surface area contributed by atoms with Gasteiger partial charge >= 0.3 is 0 Å². The van der Waals surface area contributed by atoms with Crippen LogP contribution in [0, 0.1) is 0 Å². The smallest absolute Gasteiger partial charge is 0.0640 e. The van der Waals surface area contributed by atoms with Gasteiger partial charge in [-0.25, -0.2) is 0 Å². The van der Waals surface area contributed by atoms with Crippen LogP contribution in [-0.4, -0.2) is 4.57 Å². The van der Waals surface area contributed by atoms with Gasteiger partial charge in [-0.05, 0) is 60.0 Å². The lowest BCUT2D eigenvalue weighted by Gasteiger charge is -2.27. The van der Waals surface area contributed by atoms with Crippen LogP contribution in [-0.2, 0) is 0 Å². The Kier molecular flexibility index (Phi) is 5.40. The van der Waals surface area contributed by atoms with Crippen molar-refractivity contribution in [3.63, 3.8) is 0 Å². The lowest BCUT2D eigenvalue weighted by atomic mass is 10.1. The van der Waals surface area contributed by atoms with Crippen molar-refractivity contribution in [3.8, 4) is 5.69 Å². The maximum Gasteiger partial charge on any atom is 0.0640 e. The third-order valence-corrected chi connectivity index (χ3v) is 9.77. The Morgan fingerprint density at radius 3 is 1.84 bits per heavy atom. The lowest BCUT2D eigenvalue weighted by Crippen LogP contribution is -2.10. The van der Waals surface area contributed by atoms with E-state index in [9.17, 15) is 0 Å². The lowest BCUT2D eigenvalue weighted by molar-refractivity contribution is 1.19. The van der Waals surface area contributed by atoms with Crippen molar-refractivity contribution in [2.75, 3.05) is 4.90 Å². The van der Waals surface area contributed by atoms with Gasteiger partial charge in [-0.15, -0.1) is 11.3 Å². The van der Waals surface area contributed by atoms with E-state index in [1.807, 2.05) is 11.3 Å². The fourth-order valence-corrected chi connectivity index (χ4v) is 7.86. The first-order chi connectivity index (χ1) is 21.3. The van der Waals surface area contributed by atoms with Gasteiger partial charge in [-0.2, -0.15) is 0 Å². The molecule has 0 fully saturated rings. The summed E-state index contributed by atoms with van der Waals surface area (Å²) in [5.41, 5.74) is 7.17. The highest BCUT2D eigenvalue weighted by molar-refractivity contribution is 7.26. The molecule has 0 radical (unpaired) electrons. The van der Waals surface area contributed by atoms with Crippen LogP contribution in [0.1, 0.15) is 0 Å². The second-order valence-corrected chi connectivity index (χ2v) is 12.0. The fourth-order valence-electron chi connectivity index (χ4n) is 6.68. The molecule has 0 aliphatic rings. The number of hydrogen-bond acceptors (Lipinski definition) is 2. The summed E-state index contributed by atoms with van der Waals surface area (Å²) >= 11 is 1.87. The molecule has 7 aromatic carbocycles. The molecule has 9 rings (SSSR count). The first kappa shape index (κ1) is 24.2. The molecule has 2 heterocycles. The van der Waals surface area contributed by atoms with Crippen LogP contribution >= 0.6 is 11.3 Å². The van der Waals surface area contributed by atoms with Crippen molar-refractivity contribution in [1.82, 2.24) is 4.57 Å². The molecule has 0 saturated carbocycles. The molecule has 0 saturated heterocycles. The summed E-state index contributed by atoms with van der Waals surface area (Å²) in [6.07, 6.45) is 0. The molecule has 0 aliphatic carbocycles. The summed E-state index contributed by atoms with van der Waals surface area (Å²) in [5, 5.41) is 7.60. The molecular formula is C40H26N2S. The van der Waals surface area contributed by atoms with Gasteiger partial charge in [0.1, 0.15) is 0 Å². The van der Waals surface area contributed by atoms with Crippen molar-refractivity contribution in [2.45, 2.75) is 0 Å². The maximum atomic E-state index is 2.42. The van der Waals surface area contributed by atoms with E-state index in [-0.39, 0.29) is 0 Å². The average molecular weight is 567 g/mol. The van der Waals surface area contributed by atoms with Crippen molar-refractivity contribution in [3.05, 3.63) is 158 Å². The number of benzene rings is 7. The van der Waals surface area contributed by atoms with Crippen molar-refractivity contribution in [2.24, 2.45) is 0 Å². The second kappa shape index (κ2) is 9.59. The molecule has 0 amide bonds. The molecule has 2 nitrogen and oxygen atoms in total. The van der Waals surface area contributed by atoms with E-state index in [0.717, 1.165) is 5.69 Å². The van der Waals surface area contributed by atoms with Crippen molar-refractivity contribution < 1.29 is 0 Å². The zero-order valence-electron chi connectivity index (χ0n) is 23.3. The normalized spacial score (nSPS) is 11.7. The standard InChI is InChI=1S/C40H26N2S/c1-2-14-28(15-3-1)41(35-22-10-13-27-12-4-5-16-30(27)35)38-23-11-19-33-34-26-29(24-25-39(34)43-40(33)38)42-36-20-8-6-17-31(36)32-18-7-9-21-37(32)42/h1-26H. The summed E-state index contributed by atoms with van der Waals surface area (Å²) in [7, 11) is 0. The van der Waals surface area contributed by atoms with E-state index in [1.165, 1.54) is 69.8 Å². The number of aromatic nitrogens is 1. The minimum atomic E-state index is 1.15. The summed E-state index contributed by atoms with van der Waals surface area (Å²) in [6, 6.07) is 57.1. The molecule has 0 atom stereocenters. The van der Waals surface area contributed by atoms with Crippen molar-refractivity contribution in [1.29, 1.82) is 0 Å². The third kappa shape index (κ3) is 3.72. The molecule has 0 aliphatic heterocycles. The monoisotopic (exact) mass is 566 g/mol. The molecule has 0 unspecified atom stereocenters. The van der Waals surface area contributed by atoms with E-state index in [1.54, 1.807) is 0 Å². The Morgan fingerprint density at radius 1 is 0.442 bits per heavy atom. The number of fused-ring (bicyclic) bond motifs is 7. The quantitative estimate of drug-likeness (QED) is 0.206. The van der Waals surface area contributed by atoms with E-state index >= 15 is 0 Å². The molecule has 202 valence electrons. The molecule has 0 bridgehead atoms. The summed E-state index contributed by atoms with van der Waals surface area (Å²) in [4.78, 5) is 2.42. The second-order valence-electron chi connectivity index (χ2n) is 11.0. The minimum absolute atomic E-state index is 1.15. The van der Waals surface area contributed by atoms with Crippen LogP contribution in [0.5, 0.6) is 0 Å². The number of nitrogens with zero attached hydrogens (tertiary/aromatic N) is 2. The van der Waals surface area contributed by atoms with Gasteiger partial charge in [-0.3, -0.25) is 0 Å². The third-order valence-electron chi connectivity index (χ3n) is 8.56. The molecule has 43 heavy (non-hydrogen) atoms. The predicted molar refractivity (Wildman–Crippen MR) is 186 cm³/mol. The Hall–Kier alpha value is -5.38. The van der Waals surface area contributed by atoms with Crippen LogP contribution in [0.4, 0.5) is 17.1 Å².